The topological polar surface area (TPSA) is 37.3 Å². The summed E-state index contributed by atoms with van der Waals surface area (Å²) in [7, 11) is 0. The van der Waals surface area contributed by atoms with E-state index in [9.17, 15) is 4.79 Å². The third-order valence-electron chi connectivity index (χ3n) is 1.50. The van der Waals surface area contributed by atoms with Crippen LogP contribution >= 0.6 is 38.6 Å². The van der Waals surface area contributed by atoms with E-state index in [1.54, 1.807) is 16.7 Å². The first-order chi connectivity index (χ1) is 5.70. The molecule has 2 aromatic rings. The van der Waals surface area contributed by atoms with Crippen LogP contribution in [0.25, 0.3) is 9.40 Å². The summed E-state index contributed by atoms with van der Waals surface area (Å²) in [6.45, 7) is 0. The molecule has 5 heteroatoms. The lowest BCUT2D eigenvalue weighted by Gasteiger charge is -1.87. The zero-order chi connectivity index (χ0) is 8.72. The van der Waals surface area contributed by atoms with Gasteiger partial charge < -0.3 is 5.11 Å². The van der Waals surface area contributed by atoms with E-state index in [2.05, 4.69) is 15.9 Å². The van der Waals surface area contributed by atoms with E-state index in [-0.39, 0.29) is 0 Å². The molecule has 0 atom stereocenters. The molecular formula is C7H3BrO2S2. The van der Waals surface area contributed by atoms with Crippen molar-refractivity contribution in [3.8, 4) is 0 Å². The van der Waals surface area contributed by atoms with E-state index in [0.717, 1.165) is 13.9 Å². The van der Waals surface area contributed by atoms with Gasteiger partial charge in [-0.25, -0.2) is 4.79 Å². The first-order valence-corrected chi connectivity index (χ1v) is 5.63. The number of thiophene rings is 2. The molecule has 0 saturated heterocycles. The molecule has 2 rings (SSSR count). The molecule has 2 aromatic heterocycles. The lowest BCUT2D eigenvalue weighted by molar-refractivity contribution is 0.0699. The van der Waals surface area contributed by atoms with Gasteiger partial charge in [-0.1, -0.05) is 0 Å². The molecule has 2 nitrogen and oxygen atoms in total. The van der Waals surface area contributed by atoms with Gasteiger partial charge in [0.1, 0.15) is 0 Å². The van der Waals surface area contributed by atoms with Gasteiger partial charge in [-0.3, -0.25) is 0 Å². The Balaban J connectivity index is 2.83. The fourth-order valence-electron chi connectivity index (χ4n) is 0.975. The molecule has 0 bridgehead atoms. The van der Waals surface area contributed by atoms with E-state index in [1.165, 1.54) is 11.3 Å². The normalized spacial score (nSPS) is 10.8. The summed E-state index contributed by atoms with van der Waals surface area (Å²) in [5.74, 6) is -0.861. The predicted molar refractivity (Wildman–Crippen MR) is 54.4 cm³/mol. The van der Waals surface area contributed by atoms with Crippen molar-refractivity contribution in [2.24, 2.45) is 0 Å². The van der Waals surface area contributed by atoms with Gasteiger partial charge in [0.05, 0.1) is 9.58 Å². The Hall–Kier alpha value is -0.390. The highest BCUT2D eigenvalue weighted by Gasteiger charge is 2.14. The van der Waals surface area contributed by atoms with Crippen LogP contribution in [0.1, 0.15) is 10.4 Å². The molecule has 0 spiro atoms. The third-order valence-corrected chi connectivity index (χ3v) is 4.55. The molecule has 0 fully saturated rings. The maximum Gasteiger partial charge on any atom is 0.337 e. The Morgan fingerprint density at radius 1 is 1.42 bits per heavy atom. The third kappa shape index (κ3) is 1.09. The smallest absolute Gasteiger partial charge is 0.337 e. The van der Waals surface area contributed by atoms with Crippen molar-refractivity contribution in [2.75, 3.05) is 0 Å². The molecule has 0 radical (unpaired) electrons. The van der Waals surface area contributed by atoms with Gasteiger partial charge in [0.2, 0.25) is 0 Å². The van der Waals surface area contributed by atoms with Gasteiger partial charge in [-0.2, -0.15) is 0 Å². The number of fused-ring (bicyclic) bond motifs is 1. The predicted octanol–water partition coefficient (Wildman–Crippen LogP) is 3.42. The maximum absolute atomic E-state index is 10.7. The highest BCUT2D eigenvalue weighted by molar-refractivity contribution is 9.10. The van der Waals surface area contributed by atoms with Gasteiger partial charge in [-0.15, -0.1) is 22.7 Å². The fraction of sp³-hybridized carbons (Fsp3) is 0. The number of rotatable bonds is 1. The summed E-state index contributed by atoms with van der Waals surface area (Å²) in [6, 6.07) is 0. The molecule has 0 unspecified atom stereocenters. The lowest BCUT2D eigenvalue weighted by Crippen LogP contribution is -1.92. The van der Waals surface area contributed by atoms with Crippen LogP contribution in [0.5, 0.6) is 0 Å². The summed E-state index contributed by atoms with van der Waals surface area (Å²) >= 11 is 6.35. The van der Waals surface area contributed by atoms with E-state index >= 15 is 0 Å². The molecule has 0 aliphatic carbocycles. The first-order valence-electron chi connectivity index (χ1n) is 3.07. The molecule has 0 saturated carbocycles. The number of carboxylic acids is 1. The largest absolute Gasteiger partial charge is 0.478 e. The fourth-order valence-corrected chi connectivity index (χ4v) is 3.89. The van der Waals surface area contributed by atoms with Gasteiger partial charge >= 0.3 is 5.97 Å². The number of aromatic carboxylic acids is 1. The van der Waals surface area contributed by atoms with E-state index in [1.807, 2.05) is 5.38 Å². The average molecular weight is 263 g/mol. The lowest BCUT2D eigenvalue weighted by atomic mass is 10.2. The first kappa shape index (κ1) is 8.22. The van der Waals surface area contributed by atoms with Crippen LogP contribution in [0, 0.1) is 0 Å². The Morgan fingerprint density at radius 3 is 2.75 bits per heavy atom. The monoisotopic (exact) mass is 262 g/mol. The summed E-state index contributed by atoms with van der Waals surface area (Å²) in [5, 5.41) is 13.2. The number of halogens is 1. The Kier molecular flexibility index (Phi) is 1.94. The van der Waals surface area contributed by atoms with Crippen molar-refractivity contribution >= 4 is 54.0 Å². The van der Waals surface area contributed by atoms with Crippen LogP contribution in [-0.4, -0.2) is 11.1 Å². The van der Waals surface area contributed by atoms with Crippen LogP contribution in [-0.2, 0) is 0 Å². The van der Waals surface area contributed by atoms with Crippen LogP contribution in [0.15, 0.2) is 15.2 Å². The minimum Gasteiger partial charge on any atom is -0.478 e. The minimum atomic E-state index is -0.861. The Bertz CT molecular complexity index is 443. The molecule has 0 amide bonds. The second kappa shape index (κ2) is 2.83. The molecule has 62 valence electrons. The SMILES string of the molecule is O=C(O)c1csc2scc(Br)c12. The van der Waals surface area contributed by atoms with Crippen LogP contribution < -0.4 is 0 Å². The number of hydrogen-bond donors (Lipinski definition) is 1. The summed E-state index contributed by atoms with van der Waals surface area (Å²) < 4.78 is 1.93. The molecule has 2 heterocycles. The molecule has 0 aromatic carbocycles. The van der Waals surface area contributed by atoms with Gasteiger partial charge in [0, 0.05) is 20.6 Å². The van der Waals surface area contributed by atoms with E-state index < -0.39 is 5.97 Å². The summed E-state index contributed by atoms with van der Waals surface area (Å²) in [6.07, 6.45) is 0. The number of carbonyl (C=O) groups is 1. The van der Waals surface area contributed by atoms with Crippen LogP contribution in [0.2, 0.25) is 0 Å². The molecule has 0 aliphatic heterocycles. The number of carboxylic acid groups (broad SMARTS) is 1. The summed E-state index contributed by atoms with van der Waals surface area (Å²) in [4.78, 5) is 10.7. The second-order valence-corrected chi connectivity index (χ2v) is 5.07. The molecule has 1 N–H and O–H groups in total. The van der Waals surface area contributed by atoms with Crippen LogP contribution in [0.4, 0.5) is 0 Å². The van der Waals surface area contributed by atoms with Gasteiger partial charge in [0.15, 0.2) is 0 Å². The second-order valence-electron chi connectivity index (χ2n) is 2.20. The van der Waals surface area contributed by atoms with Crippen molar-refractivity contribution in [1.29, 1.82) is 0 Å². The van der Waals surface area contributed by atoms with Crippen molar-refractivity contribution in [3.05, 3.63) is 20.8 Å². The van der Waals surface area contributed by atoms with Crippen molar-refractivity contribution < 1.29 is 9.90 Å². The standard InChI is InChI=1S/C7H3BrO2S2/c8-4-2-12-7-5(4)3(1-11-7)6(9)10/h1-2H,(H,9,10). The zero-order valence-electron chi connectivity index (χ0n) is 5.70. The molecule has 12 heavy (non-hydrogen) atoms. The van der Waals surface area contributed by atoms with Gasteiger partial charge in [0.25, 0.3) is 0 Å². The van der Waals surface area contributed by atoms with Gasteiger partial charge in [-0.05, 0) is 15.9 Å². The quantitative estimate of drug-likeness (QED) is 0.855. The minimum absolute atomic E-state index is 0.392. The highest BCUT2D eigenvalue weighted by atomic mass is 79.9. The molecular weight excluding hydrogens is 260 g/mol. The van der Waals surface area contributed by atoms with Crippen molar-refractivity contribution in [3.63, 3.8) is 0 Å². The highest BCUT2D eigenvalue weighted by Crippen LogP contribution is 2.37. The average Bonchev–Trinajstić information content (AvgIpc) is 2.53. The Labute approximate surface area is 84.6 Å². The zero-order valence-corrected chi connectivity index (χ0v) is 8.92. The van der Waals surface area contributed by atoms with E-state index in [0.29, 0.717) is 5.56 Å². The van der Waals surface area contributed by atoms with Crippen molar-refractivity contribution in [2.45, 2.75) is 0 Å². The summed E-state index contributed by atoms with van der Waals surface area (Å²) in [5.41, 5.74) is 0.392. The Morgan fingerprint density at radius 2 is 2.08 bits per heavy atom. The van der Waals surface area contributed by atoms with E-state index in [4.69, 9.17) is 5.11 Å². The maximum atomic E-state index is 10.7. The molecule has 0 aliphatic rings. The number of hydrogen-bond acceptors (Lipinski definition) is 3. The van der Waals surface area contributed by atoms with Crippen molar-refractivity contribution in [1.82, 2.24) is 0 Å². The van der Waals surface area contributed by atoms with Crippen LogP contribution in [0.3, 0.4) is 0 Å².